The van der Waals surface area contributed by atoms with Crippen molar-refractivity contribution in [2.45, 2.75) is 77.7 Å². The average molecular weight is 418 g/mol. The van der Waals surface area contributed by atoms with Crippen LogP contribution in [0.25, 0.3) is 0 Å². The fraction of sp³-hybridized carbons (Fsp3) is 0.565. The first-order valence-electron chi connectivity index (χ1n) is 9.84. The number of amides is 1. The molecule has 29 heavy (non-hydrogen) atoms. The van der Waals surface area contributed by atoms with Crippen molar-refractivity contribution in [1.29, 1.82) is 0 Å². The molecule has 0 aliphatic heterocycles. The van der Waals surface area contributed by atoms with Crippen molar-refractivity contribution in [1.82, 2.24) is 5.32 Å². The minimum Gasteiger partial charge on any atom is -0.469 e. The van der Waals surface area contributed by atoms with Crippen molar-refractivity contribution in [3.05, 3.63) is 35.4 Å². The zero-order valence-corrected chi connectivity index (χ0v) is 20.2. The van der Waals surface area contributed by atoms with E-state index in [0.717, 1.165) is 11.1 Å². The summed E-state index contributed by atoms with van der Waals surface area (Å²) >= 11 is 0. The van der Waals surface area contributed by atoms with Gasteiger partial charge in [-0.05, 0) is 43.5 Å². The van der Waals surface area contributed by atoms with Gasteiger partial charge in [0.25, 0.3) is 0 Å². The first-order chi connectivity index (χ1) is 13.1. The molecular formula is C23H35NO4Si. The molecule has 5 nitrogen and oxygen atoms in total. The molecule has 0 saturated carbocycles. The Labute approximate surface area is 176 Å². The Hall–Kier alpha value is -2.26. The van der Waals surface area contributed by atoms with Crippen LogP contribution in [0.5, 0.6) is 0 Å². The smallest absolute Gasteiger partial charge is 0.408 e. The number of ether oxygens (including phenoxy) is 2. The van der Waals surface area contributed by atoms with Gasteiger partial charge in [-0.15, -0.1) is 5.54 Å². The van der Waals surface area contributed by atoms with Gasteiger partial charge in [-0.1, -0.05) is 51.9 Å². The summed E-state index contributed by atoms with van der Waals surface area (Å²) in [6.07, 6.45) is -0.557. The average Bonchev–Trinajstić information content (AvgIpc) is 2.57. The van der Waals surface area contributed by atoms with E-state index in [4.69, 9.17) is 9.47 Å². The predicted molar refractivity (Wildman–Crippen MR) is 119 cm³/mol. The van der Waals surface area contributed by atoms with Gasteiger partial charge in [-0.2, -0.15) is 0 Å². The maximum atomic E-state index is 12.2. The molecule has 1 atom stereocenters. The molecule has 0 aliphatic rings. The van der Waals surface area contributed by atoms with E-state index in [1.54, 1.807) is 20.8 Å². The fourth-order valence-corrected chi connectivity index (χ4v) is 3.00. The second kappa shape index (κ2) is 9.49. The third kappa shape index (κ3) is 8.32. The lowest BCUT2D eigenvalue weighted by atomic mass is 10.0. The van der Waals surface area contributed by atoms with Gasteiger partial charge in [0.15, 0.2) is 0 Å². The number of benzene rings is 1. The Balaban J connectivity index is 3.04. The SMILES string of the molecule is COC(=O)C[C@H](NC(=O)OC(C)(C)C)c1ccc(C#C[Si](C)(C)C(C)(C)C)cc1. The highest BCUT2D eigenvalue weighted by molar-refractivity contribution is 6.87. The van der Waals surface area contributed by atoms with E-state index < -0.39 is 31.8 Å². The molecule has 0 bridgehead atoms. The lowest BCUT2D eigenvalue weighted by molar-refractivity contribution is -0.141. The molecule has 0 aliphatic carbocycles. The minimum absolute atomic E-state index is 0.0186. The standard InChI is InChI=1S/C23H35NO4Si/c1-22(2,3)28-21(26)24-19(16-20(25)27-7)18-12-10-17(11-13-18)14-15-29(8,9)23(4,5)6/h10-13,19H,16H2,1-9H3,(H,24,26)/t19-/m0/s1. The lowest BCUT2D eigenvalue weighted by Gasteiger charge is -2.31. The van der Waals surface area contributed by atoms with Crippen molar-refractivity contribution < 1.29 is 19.1 Å². The van der Waals surface area contributed by atoms with E-state index in [1.807, 2.05) is 24.3 Å². The van der Waals surface area contributed by atoms with Gasteiger partial charge in [-0.25, -0.2) is 4.79 Å². The number of nitrogens with one attached hydrogen (secondary N) is 1. The van der Waals surface area contributed by atoms with Gasteiger partial charge in [0, 0.05) is 5.56 Å². The summed E-state index contributed by atoms with van der Waals surface area (Å²) in [6, 6.07) is 7.04. The molecule has 0 saturated heterocycles. The molecule has 0 heterocycles. The van der Waals surface area contributed by atoms with Gasteiger partial charge in [0.05, 0.1) is 19.6 Å². The Morgan fingerprint density at radius 1 is 1.07 bits per heavy atom. The molecule has 0 radical (unpaired) electrons. The molecule has 0 fully saturated rings. The van der Waals surface area contributed by atoms with Gasteiger partial charge in [0.1, 0.15) is 13.7 Å². The van der Waals surface area contributed by atoms with Crippen LogP contribution in [0.2, 0.25) is 18.1 Å². The van der Waals surface area contributed by atoms with Crippen LogP contribution in [0.4, 0.5) is 4.79 Å². The van der Waals surface area contributed by atoms with Crippen molar-refractivity contribution in [3.8, 4) is 11.5 Å². The van der Waals surface area contributed by atoms with Gasteiger partial charge < -0.3 is 14.8 Å². The van der Waals surface area contributed by atoms with Crippen LogP contribution >= 0.6 is 0 Å². The van der Waals surface area contributed by atoms with Crippen LogP contribution in [0.1, 0.15) is 65.1 Å². The monoisotopic (exact) mass is 417 g/mol. The number of hydrogen-bond donors (Lipinski definition) is 1. The van der Waals surface area contributed by atoms with E-state index in [9.17, 15) is 9.59 Å². The summed E-state index contributed by atoms with van der Waals surface area (Å²) in [5, 5.41) is 2.96. The molecule has 1 N–H and O–H groups in total. The summed E-state index contributed by atoms with van der Waals surface area (Å²) < 4.78 is 10.1. The van der Waals surface area contributed by atoms with E-state index >= 15 is 0 Å². The molecule has 1 aromatic carbocycles. The molecule has 1 aromatic rings. The van der Waals surface area contributed by atoms with Gasteiger partial charge in [-0.3, -0.25) is 4.79 Å². The zero-order chi connectivity index (χ0) is 22.5. The predicted octanol–water partition coefficient (Wildman–Crippen LogP) is 5.21. The highest BCUT2D eigenvalue weighted by atomic mass is 28.3. The summed E-state index contributed by atoms with van der Waals surface area (Å²) in [6.45, 7) is 16.6. The second-order valence-corrected chi connectivity index (χ2v) is 14.7. The van der Waals surface area contributed by atoms with Crippen molar-refractivity contribution >= 4 is 20.1 Å². The van der Waals surface area contributed by atoms with E-state index in [-0.39, 0.29) is 11.5 Å². The number of rotatable bonds is 4. The molecular weight excluding hydrogens is 382 g/mol. The van der Waals surface area contributed by atoms with Crippen LogP contribution in [0, 0.1) is 11.5 Å². The highest BCUT2D eigenvalue weighted by Crippen LogP contribution is 2.35. The Morgan fingerprint density at radius 3 is 2.07 bits per heavy atom. The quantitative estimate of drug-likeness (QED) is 0.415. The largest absolute Gasteiger partial charge is 0.469 e. The summed E-state index contributed by atoms with van der Waals surface area (Å²) in [5.74, 6) is 2.88. The van der Waals surface area contributed by atoms with Crippen LogP contribution < -0.4 is 5.32 Å². The Morgan fingerprint density at radius 2 is 1.62 bits per heavy atom. The Bertz CT molecular complexity index is 774. The summed E-state index contributed by atoms with van der Waals surface area (Å²) in [5.41, 5.74) is 4.57. The van der Waals surface area contributed by atoms with E-state index in [1.165, 1.54) is 7.11 Å². The number of methoxy groups -OCH3 is 1. The number of alkyl carbamates (subject to hydrolysis) is 1. The van der Waals surface area contributed by atoms with E-state index in [2.05, 4.69) is 50.6 Å². The van der Waals surface area contributed by atoms with Crippen LogP contribution in [0.3, 0.4) is 0 Å². The number of carbonyl (C=O) groups is 2. The topological polar surface area (TPSA) is 64.6 Å². The maximum Gasteiger partial charge on any atom is 0.408 e. The van der Waals surface area contributed by atoms with Crippen LogP contribution in [0.15, 0.2) is 24.3 Å². The summed E-state index contributed by atoms with van der Waals surface area (Å²) in [7, 11) is -0.365. The second-order valence-electron chi connectivity index (χ2n) is 9.73. The lowest BCUT2D eigenvalue weighted by Crippen LogP contribution is -2.36. The molecule has 160 valence electrons. The number of carbonyl (C=O) groups excluding carboxylic acids is 2. The number of hydrogen-bond acceptors (Lipinski definition) is 4. The normalized spacial score (nSPS) is 13.0. The van der Waals surface area contributed by atoms with Gasteiger partial charge in [0.2, 0.25) is 0 Å². The fourth-order valence-electron chi connectivity index (χ4n) is 2.17. The van der Waals surface area contributed by atoms with Gasteiger partial charge >= 0.3 is 12.1 Å². The van der Waals surface area contributed by atoms with Crippen LogP contribution in [-0.4, -0.2) is 32.8 Å². The molecule has 6 heteroatoms. The maximum absolute atomic E-state index is 12.2. The van der Waals surface area contributed by atoms with Crippen molar-refractivity contribution in [2.75, 3.05) is 7.11 Å². The molecule has 0 aromatic heterocycles. The molecule has 1 rings (SSSR count). The van der Waals surface area contributed by atoms with E-state index in [0.29, 0.717) is 0 Å². The van der Waals surface area contributed by atoms with Crippen molar-refractivity contribution in [2.24, 2.45) is 0 Å². The minimum atomic E-state index is -1.69. The zero-order valence-electron chi connectivity index (χ0n) is 19.2. The first kappa shape index (κ1) is 24.8. The first-order valence-corrected chi connectivity index (χ1v) is 12.8. The number of esters is 1. The van der Waals surface area contributed by atoms with Crippen molar-refractivity contribution in [3.63, 3.8) is 0 Å². The Kier molecular flexibility index (Phi) is 8.11. The molecule has 0 unspecified atom stereocenters. The third-order valence-electron chi connectivity index (χ3n) is 5.00. The highest BCUT2D eigenvalue weighted by Gasteiger charge is 2.33. The molecule has 0 spiro atoms. The van der Waals surface area contributed by atoms with Crippen LogP contribution in [-0.2, 0) is 14.3 Å². The summed E-state index contributed by atoms with van der Waals surface area (Å²) in [4.78, 5) is 24.0. The molecule has 1 amide bonds. The third-order valence-corrected chi connectivity index (χ3v) is 9.50.